The van der Waals surface area contributed by atoms with E-state index in [1.54, 1.807) is 30.3 Å². The molecule has 2 fully saturated rings. The molecule has 2 aliphatic heterocycles. The van der Waals surface area contributed by atoms with Gasteiger partial charge in [0.1, 0.15) is 24.6 Å². The minimum Gasteiger partial charge on any atom is -0.458 e. The van der Waals surface area contributed by atoms with Crippen molar-refractivity contribution in [2.24, 2.45) is 5.92 Å². The van der Waals surface area contributed by atoms with E-state index >= 15 is 0 Å². The van der Waals surface area contributed by atoms with Crippen LogP contribution in [-0.4, -0.2) is 42.3 Å². The molecule has 7 nitrogen and oxygen atoms in total. The van der Waals surface area contributed by atoms with Crippen molar-refractivity contribution < 1.29 is 33.3 Å². The molecule has 0 spiro atoms. The Balaban J connectivity index is 1.33. The Labute approximate surface area is 193 Å². The van der Waals surface area contributed by atoms with Crippen LogP contribution >= 0.6 is 0 Å². The minimum absolute atomic E-state index is 0.0771. The van der Waals surface area contributed by atoms with E-state index < -0.39 is 5.97 Å². The standard InChI is InChI=1S/C26H28O7/c1-16-21-12-8-19(5-4-14-26(3)24(33-26)23(21)32-25(16)29)15-30-22(28)13-9-18-6-10-20(11-7-18)31-17(2)27/h5-7,9-11,13,21,23-24H,1,4,8,12,14-15H2,2-3H3/b13-9+,19-5+/t21-,23-,24-,26+/m0/s1. The molecule has 2 saturated heterocycles. The second kappa shape index (κ2) is 9.35. The van der Waals surface area contributed by atoms with E-state index in [4.69, 9.17) is 18.9 Å². The summed E-state index contributed by atoms with van der Waals surface area (Å²) >= 11 is 0. The number of benzene rings is 1. The van der Waals surface area contributed by atoms with Crippen molar-refractivity contribution in [2.45, 2.75) is 57.3 Å². The molecule has 0 bridgehead atoms. The van der Waals surface area contributed by atoms with Gasteiger partial charge in [-0.3, -0.25) is 4.79 Å². The van der Waals surface area contributed by atoms with Crippen molar-refractivity contribution in [3.05, 3.63) is 59.7 Å². The molecule has 0 unspecified atom stereocenters. The van der Waals surface area contributed by atoms with Crippen LogP contribution in [0.5, 0.6) is 5.75 Å². The van der Waals surface area contributed by atoms with Crippen LogP contribution in [0.15, 0.2) is 54.1 Å². The van der Waals surface area contributed by atoms with Crippen LogP contribution in [0.4, 0.5) is 0 Å². The van der Waals surface area contributed by atoms with Crippen LogP contribution in [0.25, 0.3) is 6.08 Å². The largest absolute Gasteiger partial charge is 0.458 e. The number of fused-ring (bicyclic) bond motifs is 3. The van der Waals surface area contributed by atoms with E-state index in [0.717, 1.165) is 24.0 Å². The van der Waals surface area contributed by atoms with Gasteiger partial charge in [0.15, 0.2) is 0 Å². The average molecular weight is 453 g/mol. The lowest BCUT2D eigenvalue weighted by molar-refractivity contribution is -0.140. The number of allylic oxidation sites excluding steroid dienone is 1. The average Bonchev–Trinajstić information content (AvgIpc) is 3.36. The number of epoxide rings is 1. The van der Waals surface area contributed by atoms with Gasteiger partial charge in [-0.05, 0) is 62.0 Å². The summed E-state index contributed by atoms with van der Waals surface area (Å²) in [7, 11) is 0. The van der Waals surface area contributed by atoms with Crippen LogP contribution in [-0.2, 0) is 28.6 Å². The molecule has 1 aliphatic carbocycles. The third kappa shape index (κ3) is 5.42. The van der Waals surface area contributed by atoms with Crippen molar-refractivity contribution in [1.82, 2.24) is 0 Å². The van der Waals surface area contributed by atoms with Crippen LogP contribution in [0, 0.1) is 5.92 Å². The Bertz CT molecular complexity index is 1020. The lowest BCUT2D eigenvalue weighted by Crippen LogP contribution is -2.29. The van der Waals surface area contributed by atoms with Gasteiger partial charge in [0.2, 0.25) is 0 Å². The van der Waals surface area contributed by atoms with E-state index in [-0.39, 0.29) is 42.3 Å². The Morgan fingerprint density at radius 2 is 2.03 bits per heavy atom. The van der Waals surface area contributed by atoms with E-state index in [2.05, 4.69) is 12.7 Å². The maximum atomic E-state index is 12.2. The summed E-state index contributed by atoms with van der Waals surface area (Å²) in [6.45, 7) is 7.50. The van der Waals surface area contributed by atoms with Crippen LogP contribution in [0.2, 0.25) is 0 Å². The van der Waals surface area contributed by atoms with Gasteiger partial charge < -0.3 is 18.9 Å². The third-order valence-electron chi connectivity index (χ3n) is 6.39. The molecule has 3 aliphatic rings. The smallest absolute Gasteiger partial charge is 0.334 e. The summed E-state index contributed by atoms with van der Waals surface area (Å²) in [5.41, 5.74) is 1.99. The summed E-state index contributed by atoms with van der Waals surface area (Å²) in [5.74, 6) is -0.818. The van der Waals surface area contributed by atoms with Gasteiger partial charge in [-0.15, -0.1) is 0 Å². The van der Waals surface area contributed by atoms with Gasteiger partial charge in [-0.25, -0.2) is 9.59 Å². The molecule has 1 aromatic rings. The normalized spacial score (nSPS) is 30.5. The molecule has 33 heavy (non-hydrogen) atoms. The highest BCUT2D eigenvalue weighted by Crippen LogP contribution is 2.49. The highest BCUT2D eigenvalue weighted by molar-refractivity contribution is 5.91. The number of carbonyl (C=O) groups is 3. The first kappa shape index (κ1) is 23.0. The number of ether oxygens (including phenoxy) is 4. The quantitative estimate of drug-likeness (QED) is 0.220. The fraction of sp³-hybridized carbons (Fsp3) is 0.423. The Morgan fingerprint density at radius 1 is 1.27 bits per heavy atom. The molecule has 0 aromatic heterocycles. The van der Waals surface area contributed by atoms with E-state index in [1.165, 1.54) is 13.0 Å². The van der Waals surface area contributed by atoms with Gasteiger partial charge in [0, 0.05) is 24.5 Å². The molecule has 0 N–H and O–H groups in total. The lowest BCUT2D eigenvalue weighted by atomic mass is 9.84. The molecule has 174 valence electrons. The maximum absolute atomic E-state index is 12.2. The van der Waals surface area contributed by atoms with Crippen molar-refractivity contribution >= 4 is 24.0 Å². The zero-order valence-corrected chi connectivity index (χ0v) is 18.9. The minimum atomic E-state index is -0.448. The Kier molecular flexibility index (Phi) is 6.51. The molecule has 0 radical (unpaired) electrons. The summed E-state index contributed by atoms with van der Waals surface area (Å²) in [6.07, 6.45) is 7.75. The summed E-state index contributed by atoms with van der Waals surface area (Å²) in [5, 5.41) is 0. The fourth-order valence-corrected chi connectivity index (χ4v) is 4.44. The highest BCUT2D eigenvalue weighted by Gasteiger charge is 2.61. The predicted octanol–water partition coefficient (Wildman–Crippen LogP) is 3.92. The summed E-state index contributed by atoms with van der Waals surface area (Å²) in [6, 6.07) is 6.80. The first-order valence-corrected chi connectivity index (χ1v) is 11.1. The van der Waals surface area contributed by atoms with Gasteiger partial charge >= 0.3 is 17.9 Å². The lowest BCUT2D eigenvalue weighted by Gasteiger charge is -2.20. The topological polar surface area (TPSA) is 91.4 Å². The predicted molar refractivity (Wildman–Crippen MR) is 120 cm³/mol. The number of rotatable bonds is 5. The number of esters is 3. The van der Waals surface area contributed by atoms with Gasteiger partial charge in [-0.2, -0.15) is 0 Å². The van der Waals surface area contributed by atoms with Crippen molar-refractivity contribution in [3.63, 3.8) is 0 Å². The molecule has 4 atom stereocenters. The molecule has 0 saturated carbocycles. The zero-order chi connectivity index (χ0) is 23.6. The van der Waals surface area contributed by atoms with Crippen LogP contribution in [0.1, 0.15) is 45.1 Å². The van der Waals surface area contributed by atoms with Crippen LogP contribution in [0.3, 0.4) is 0 Å². The molecule has 4 rings (SSSR count). The van der Waals surface area contributed by atoms with Crippen LogP contribution < -0.4 is 4.74 Å². The fourth-order valence-electron chi connectivity index (χ4n) is 4.44. The molecular formula is C26H28O7. The number of hydrogen-bond donors (Lipinski definition) is 0. The van der Waals surface area contributed by atoms with Gasteiger partial charge in [0.05, 0.1) is 5.60 Å². The summed E-state index contributed by atoms with van der Waals surface area (Å²) in [4.78, 5) is 35.3. The first-order chi connectivity index (χ1) is 15.7. The SMILES string of the molecule is C=C1C(=O)O[C@H]2[C@H]1CC/C(COC(=O)/C=C/c1ccc(OC(C)=O)cc1)=C\CC[C@@]1(C)O[C@@H]21. The monoisotopic (exact) mass is 452 g/mol. The summed E-state index contributed by atoms with van der Waals surface area (Å²) < 4.78 is 21.9. The second-order valence-corrected chi connectivity index (χ2v) is 8.90. The molecule has 1 aromatic carbocycles. The Morgan fingerprint density at radius 3 is 2.76 bits per heavy atom. The maximum Gasteiger partial charge on any atom is 0.334 e. The molecule has 7 heteroatoms. The molecular weight excluding hydrogens is 424 g/mol. The van der Waals surface area contributed by atoms with Gasteiger partial charge in [0.25, 0.3) is 0 Å². The Hall–Kier alpha value is -3.19. The highest BCUT2D eigenvalue weighted by atomic mass is 16.6. The second-order valence-electron chi connectivity index (χ2n) is 8.90. The third-order valence-corrected chi connectivity index (χ3v) is 6.39. The van der Waals surface area contributed by atoms with E-state index in [1.807, 2.05) is 6.92 Å². The van der Waals surface area contributed by atoms with Gasteiger partial charge in [-0.1, -0.05) is 24.8 Å². The number of carbonyl (C=O) groups excluding carboxylic acids is 3. The first-order valence-electron chi connectivity index (χ1n) is 11.1. The van der Waals surface area contributed by atoms with Crippen molar-refractivity contribution in [3.8, 4) is 5.75 Å². The van der Waals surface area contributed by atoms with Crippen molar-refractivity contribution in [1.29, 1.82) is 0 Å². The van der Waals surface area contributed by atoms with E-state index in [0.29, 0.717) is 24.2 Å². The zero-order valence-electron chi connectivity index (χ0n) is 18.9. The van der Waals surface area contributed by atoms with E-state index in [9.17, 15) is 14.4 Å². The molecule has 0 amide bonds. The number of hydrogen-bond acceptors (Lipinski definition) is 7. The molecule has 2 heterocycles. The van der Waals surface area contributed by atoms with Crippen molar-refractivity contribution in [2.75, 3.05) is 6.61 Å².